The molecule has 0 atom stereocenters. The lowest BCUT2D eigenvalue weighted by molar-refractivity contribution is -0.274. The first-order valence-electron chi connectivity index (χ1n) is 14.4. The van der Waals surface area contributed by atoms with Gasteiger partial charge in [-0.15, -0.1) is 13.2 Å². The highest BCUT2D eigenvalue weighted by Crippen LogP contribution is 2.38. The van der Waals surface area contributed by atoms with Crippen LogP contribution in [0.4, 0.5) is 19.0 Å². The van der Waals surface area contributed by atoms with E-state index in [1.54, 1.807) is 0 Å². The zero-order valence-corrected chi connectivity index (χ0v) is 23.6. The van der Waals surface area contributed by atoms with Crippen molar-refractivity contribution in [2.24, 2.45) is 0 Å². The maximum atomic E-state index is 12.6. The Morgan fingerprint density at radius 1 is 0.907 bits per heavy atom. The maximum Gasteiger partial charge on any atom is 0.573 e. The summed E-state index contributed by atoms with van der Waals surface area (Å²) in [4.78, 5) is 18.2. The molecule has 1 saturated carbocycles. The van der Waals surface area contributed by atoms with Crippen molar-refractivity contribution in [3.05, 3.63) is 48.8 Å². The minimum Gasteiger partial charge on any atom is -0.436 e. The second-order valence-corrected chi connectivity index (χ2v) is 11.3. The van der Waals surface area contributed by atoms with Gasteiger partial charge in [0.15, 0.2) is 11.2 Å². The zero-order valence-electron chi connectivity index (χ0n) is 23.6. The van der Waals surface area contributed by atoms with Crippen LogP contribution in [0.3, 0.4) is 0 Å². The molecule has 0 amide bonds. The molecule has 5 aromatic rings. The van der Waals surface area contributed by atoms with E-state index in [9.17, 15) is 13.2 Å². The van der Waals surface area contributed by atoms with Gasteiger partial charge in [-0.2, -0.15) is 5.10 Å². The first-order valence-corrected chi connectivity index (χ1v) is 14.4. The van der Waals surface area contributed by atoms with E-state index in [1.807, 2.05) is 28.9 Å². The molecule has 0 bridgehead atoms. The minimum atomic E-state index is -4.79. The first-order chi connectivity index (χ1) is 20.7. The van der Waals surface area contributed by atoms with Crippen LogP contribution in [0.2, 0.25) is 0 Å². The molecular weight excluding hydrogens is 561 g/mol. The highest BCUT2D eigenvalue weighted by molar-refractivity contribution is 5.98. The van der Waals surface area contributed by atoms with Gasteiger partial charge in [-0.25, -0.2) is 19.6 Å². The Bertz CT molecular complexity index is 1750. The molecule has 0 spiro atoms. The van der Waals surface area contributed by atoms with E-state index >= 15 is 0 Å². The van der Waals surface area contributed by atoms with E-state index in [-0.39, 0.29) is 23.2 Å². The molecule has 2 fully saturated rings. The summed E-state index contributed by atoms with van der Waals surface area (Å²) in [5, 5.41) is 5.75. The van der Waals surface area contributed by atoms with Crippen LogP contribution in [-0.2, 0) is 0 Å². The highest BCUT2D eigenvalue weighted by Gasteiger charge is 2.32. The van der Waals surface area contributed by atoms with E-state index in [2.05, 4.69) is 36.5 Å². The van der Waals surface area contributed by atoms with Crippen LogP contribution in [0.5, 0.6) is 5.75 Å². The monoisotopic (exact) mass is 592 g/mol. The Morgan fingerprint density at radius 3 is 2.33 bits per heavy atom. The summed E-state index contributed by atoms with van der Waals surface area (Å²) in [6.45, 7) is 4.48. The topological polar surface area (TPSA) is 111 Å². The van der Waals surface area contributed by atoms with Crippen molar-refractivity contribution >= 4 is 28.0 Å². The number of aromatic nitrogens is 5. The Labute approximate surface area is 245 Å². The van der Waals surface area contributed by atoms with Crippen molar-refractivity contribution in [3.63, 3.8) is 0 Å². The van der Waals surface area contributed by atoms with Crippen LogP contribution in [0.1, 0.15) is 31.7 Å². The number of hydrogen-bond donors (Lipinski definition) is 1. The van der Waals surface area contributed by atoms with Gasteiger partial charge < -0.3 is 19.8 Å². The van der Waals surface area contributed by atoms with Crippen LogP contribution < -0.4 is 10.5 Å². The Kier molecular flexibility index (Phi) is 6.93. The van der Waals surface area contributed by atoms with Crippen molar-refractivity contribution in [2.75, 3.05) is 39.0 Å². The SMILES string of the molecule is CN1CCN(C2CCC(n3nc(-c4ccc(-c5nc6cc(OC(F)(F)F)ccc6o5)cc4)c4c(N)ncnc43)CC2)CC1. The van der Waals surface area contributed by atoms with Gasteiger partial charge in [-0.05, 0) is 57.0 Å². The molecule has 2 aliphatic rings. The second kappa shape index (κ2) is 10.8. The predicted octanol–water partition coefficient (Wildman–Crippen LogP) is 5.51. The smallest absolute Gasteiger partial charge is 0.436 e. The van der Waals surface area contributed by atoms with Gasteiger partial charge in [-0.3, -0.25) is 4.90 Å². The molecule has 13 heteroatoms. The van der Waals surface area contributed by atoms with Crippen molar-refractivity contribution in [2.45, 2.75) is 44.1 Å². The quantitative estimate of drug-likeness (QED) is 0.282. The average molecular weight is 593 g/mol. The summed E-state index contributed by atoms with van der Waals surface area (Å²) >= 11 is 0. The lowest BCUT2D eigenvalue weighted by atomic mass is 9.90. The molecule has 2 N–H and O–H groups in total. The highest BCUT2D eigenvalue weighted by atomic mass is 19.4. The number of benzene rings is 2. The van der Waals surface area contributed by atoms with Gasteiger partial charge >= 0.3 is 6.36 Å². The van der Waals surface area contributed by atoms with E-state index in [0.29, 0.717) is 28.7 Å². The van der Waals surface area contributed by atoms with E-state index in [0.717, 1.165) is 68.5 Å². The number of fused-ring (bicyclic) bond motifs is 2. The minimum absolute atomic E-state index is 0.222. The molecule has 1 aliphatic heterocycles. The van der Waals surface area contributed by atoms with Crippen molar-refractivity contribution in [1.82, 2.24) is 34.5 Å². The van der Waals surface area contributed by atoms with Gasteiger partial charge in [0.05, 0.1) is 11.4 Å². The second-order valence-electron chi connectivity index (χ2n) is 11.3. The summed E-state index contributed by atoms with van der Waals surface area (Å²) in [5.41, 5.74) is 9.90. The van der Waals surface area contributed by atoms with Crippen LogP contribution in [-0.4, -0.2) is 80.2 Å². The summed E-state index contributed by atoms with van der Waals surface area (Å²) in [7, 11) is 2.18. The number of ether oxygens (including phenoxy) is 1. The number of alkyl halides is 3. The first kappa shape index (κ1) is 27.6. The summed E-state index contributed by atoms with van der Waals surface area (Å²) in [5.74, 6) is 0.295. The van der Waals surface area contributed by atoms with E-state index < -0.39 is 6.36 Å². The summed E-state index contributed by atoms with van der Waals surface area (Å²) in [6.07, 6.45) is 0.971. The molecule has 4 heterocycles. The van der Waals surface area contributed by atoms with E-state index in [4.69, 9.17) is 15.2 Å². The molecule has 224 valence electrons. The Morgan fingerprint density at radius 2 is 1.60 bits per heavy atom. The molecule has 1 aliphatic carbocycles. The van der Waals surface area contributed by atoms with Crippen LogP contribution >= 0.6 is 0 Å². The fourth-order valence-electron chi connectivity index (χ4n) is 6.31. The summed E-state index contributed by atoms with van der Waals surface area (Å²) in [6, 6.07) is 12.1. The average Bonchev–Trinajstić information content (AvgIpc) is 3.60. The predicted molar refractivity (Wildman–Crippen MR) is 155 cm³/mol. The molecule has 0 radical (unpaired) electrons. The maximum absolute atomic E-state index is 12.6. The van der Waals surface area contributed by atoms with Crippen molar-refractivity contribution in [1.29, 1.82) is 0 Å². The number of oxazole rings is 1. The number of hydrogen-bond acceptors (Lipinski definition) is 9. The molecule has 2 aromatic carbocycles. The van der Waals surface area contributed by atoms with Crippen LogP contribution in [0.25, 0.3) is 44.8 Å². The third-order valence-electron chi connectivity index (χ3n) is 8.58. The number of piperazine rings is 1. The fourth-order valence-corrected chi connectivity index (χ4v) is 6.31. The largest absolute Gasteiger partial charge is 0.573 e. The number of nitrogen functional groups attached to an aromatic ring is 1. The standard InChI is InChI=1S/C30H31F3N8O2/c1-39-12-14-40(15-13-39)20-6-8-21(9-7-20)41-28-25(27(34)35-17-36-28)26(38-41)18-2-4-19(5-3-18)29-37-23-16-22(43-30(31,32)33)10-11-24(23)42-29/h2-5,10-11,16-17,20-21H,6-9,12-15H2,1H3,(H2,34,35,36). The number of nitrogens with two attached hydrogens (primary N) is 1. The van der Waals surface area contributed by atoms with Gasteiger partial charge in [0, 0.05) is 49.4 Å². The molecule has 7 rings (SSSR count). The van der Waals surface area contributed by atoms with Crippen molar-refractivity contribution < 1.29 is 22.3 Å². The van der Waals surface area contributed by atoms with Crippen molar-refractivity contribution in [3.8, 4) is 28.5 Å². The molecule has 43 heavy (non-hydrogen) atoms. The Balaban J connectivity index is 1.14. The van der Waals surface area contributed by atoms with Gasteiger partial charge in [0.25, 0.3) is 0 Å². The summed E-state index contributed by atoms with van der Waals surface area (Å²) < 4.78 is 49.7. The number of anilines is 1. The zero-order chi connectivity index (χ0) is 29.7. The number of nitrogens with zero attached hydrogens (tertiary/aromatic N) is 7. The lowest BCUT2D eigenvalue weighted by Gasteiger charge is -2.41. The lowest BCUT2D eigenvalue weighted by Crippen LogP contribution is -2.49. The van der Waals surface area contributed by atoms with Gasteiger partial charge in [0.2, 0.25) is 5.89 Å². The molecule has 0 unspecified atom stereocenters. The molecule has 1 saturated heterocycles. The van der Waals surface area contributed by atoms with Gasteiger partial charge in [0.1, 0.15) is 29.1 Å². The molecule has 10 nitrogen and oxygen atoms in total. The third-order valence-corrected chi connectivity index (χ3v) is 8.58. The van der Waals surface area contributed by atoms with Gasteiger partial charge in [-0.1, -0.05) is 12.1 Å². The number of likely N-dealkylation sites (N-methyl/N-ethyl adjacent to an activating group) is 1. The fraction of sp³-hybridized carbons (Fsp3) is 0.400. The Hall–Kier alpha value is -4.23. The number of rotatable bonds is 5. The molecular formula is C30H31F3N8O2. The third kappa shape index (κ3) is 5.50. The molecule has 3 aromatic heterocycles. The number of halogens is 3. The van der Waals surface area contributed by atoms with E-state index in [1.165, 1.54) is 24.5 Å². The van der Waals surface area contributed by atoms with Crippen LogP contribution in [0, 0.1) is 0 Å². The van der Waals surface area contributed by atoms with Crippen LogP contribution in [0.15, 0.2) is 53.2 Å². The normalized spacial score (nSPS) is 20.7.